The lowest BCUT2D eigenvalue weighted by molar-refractivity contribution is 0.0766. The highest BCUT2D eigenvalue weighted by molar-refractivity contribution is 6.03. The normalized spacial score (nSPS) is 17.3. The minimum absolute atomic E-state index is 0.0687. The Kier molecular flexibility index (Phi) is 7.02. The third-order valence-corrected chi connectivity index (χ3v) is 6.89. The van der Waals surface area contributed by atoms with Crippen molar-refractivity contribution in [2.75, 3.05) is 13.2 Å². The first-order chi connectivity index (χ1) is 17.5. The van der Waals surface area contributed by atoms with Crippen molar-refractivity contribution < 1.29 is 19.4 Å². The average Bonchev–Trinajstić information content (AvgIpc) is 3.21. The van der Waals surface area contributed by atoms with Crippen LogP contribution in [0.25, 0.3) is 0 Å². The summed E-state index contributed by atoms with van der Waals surface area (Å²) in [4.78, 5) is 28.0. The second kappa shape index (κ2) is 10.5. The Hall–Kier alpha value is -3.68. The van der Waals surface area contributed by atoms with Gasteiger partial charge in [0, 0.05) is 37.8 Å². The van der Waals surface area contributed by atoms with Crippen molar-refractivity contribution >= 4 is 11.8 Å². The van der Waals surface area contributed by atoms with Gasteiger partial charge in [-0.1, -0.05) is 54.6 Å². The lowest BCUT2D eigenvalue weighted by Gasteiger charge is -2.30. The van der Waals surface area contributed by atoms with Gasteiger partial charge in [-0.15, -0.1) is 0 Å². The first kappa shape index (κ1) is 24.0. The van der Waals surface area contributed by atoms with E-state index in [-0.39, 0.29) is 24.4 Å². The van der Waals surface area contributed by atoms with E-state index in [1.807, 2.05) is 49.4 Å². The van der Waals surface area contributed by atoms with Crippen molar-refractivity contribution in [3.8, 4) is 5.75 Å². The third kappa shape index (κ3) is 4.98. The lowest BCUT2D eigenvalue weighted by atomic mass is 9.93. The van der Waals surface area contributed by atoms with Crippen molar-refractivity contribution in [3.05, 3.63) is 100 Å². The topological polar surface area (TPSA) is 90.9 Å². The highest BCUT2D eigenvalue weighted by Gasteiger charge is 2.31. The predicted octanol–water partition coefficient (Wildman–Crippen LogP) is 3.05. The van der Waals surface area contributed by atoms with Crippen LogP contribution in [-0.2, 0) is 26.1 Å². The summed E-state index contributed by atoms with van der Waals surface area (Å²) in [5.74, 6) is -0.0193. The number of hydrogen-bond acceptors (Lipinski definition) is 5. The summed E-state index contributed by atoms with van der Waals surface area (Å²) in [7, 11) is 0. The summed E-state index contributed by atoms with van der Waals surface area (Å²) >= 11 is 0. The summed E-state index contributed by atoms with van der Waals surface area (Å²) in [6.07, 6.45) is -0.0366. The molecule has 0 aliphatic carbocycles. The number of aliphatic hydroxyl groups is 1. The number of amides is 2. The van der Waals surface area contributed by atoms with E-state index in [1.54, 1.807) is 17.0 Å². The first-order valence-corrected chi connectivity index (χ1v) is 12.4. The number of carbonyl (C=O) groups excluding carboxylic acids is 2. The maximum Gasteiger partial charge on any atom is 0.255 e. The van der Waals surface area contributed by atoms with Crippen LogP contribution in [0.2, 0.25) is 0 Å². The Bertz CT molecular complexity index is 1260. The summed E-state index contributed by atoms with van der Waals surface area (Å²) in [5, 5.41) is 17.0. The number of rotatable bonds is 8. The molecule has 7 heteroatoms. The zero-order valence-electron chi connectivity index (χ0n) is 20.4. The fourth-order valence-corrected chi connectivity index (χ4v) is 4.97. The zero-order valence-corrected chi connectivity index (χ0v) is 20.4. The van der Waals surface area contributed by atoms with Crippen LogP contribution in [0.3, 0.4) is 0 Å². The second-order valence-electron chi connectivity index (χ2n) is 9.32. The van der Waals surface area contributed by atoms with Crippen molar-refractivity contribution in [2.45, 2.75) is 45.1 Å². The van der Waals surface area contributed by atoms with E-state index < -0.39 is 6.10 Å². The predicted molar refractivity (Wildman–Crippen MR) is 137 cm³/mol. The van der Waals surface area contributed by atoms with E-state index in [1.165, 1.54) is 11.1 Å². The third-order valence-electron chi connectivity index (χ3n) is 6.89. The molecule has 3 aromatic rings. The van der Waals surface area contributed by atoms with Crippen LogP contribution in [0.5, 0.6) is 5.75 Å². The molecule has 0 aromatic heterocycles. The quantitative estimate of drug-likeness (QED) is 0.456. The number of ether oxygens (including phenoxy) is 1. The molecule has 7 nitrogen and oxygen atoms in total. The van der Waals surface area contributed by atoms with E-state index in [0.29, 0.717) is 49.5 Å². The van der Waals surface area contributed by atoms with Gasteiger partial charge in [-0.3, -0.25) is 9.59 Å². The van der Waals surface area contributed by atoms with Gasteiger partial charge in [-0.05, 0) is 47.7 Å². The Morgan fingerprint density at radius 1 is 1.11 bits per heavy atom. The molecule has 2 aliphatic heterocycles. The number of nitrogens with one attached hydrogen (secondary N) is 2. The summed E-state index contributed by atoms with van der Waals surface area (Å²) in [6.45, 7) is 3.95. The summed E-state index contributed by atoms with van der Waals surface area (Å²) in [5.41, 5.74) is 5.24. The summed E-state index contributed by atoms with van der Waals surface area (Å²) < 4.78 is 5.74. The van der Waals surface area contributed by atoms with Gasteiger partial charge < -0.3 is 25.4 Å². The van der Waals surface area contributed by atoms with Crippen molar-refractivity contribution in [1.82, 2.24) is 15.5 Å². The fourth-order valence-electron chi connectivity index (χ4n) is 4.97. The number of aliphatic hydroxyl groups excluding tert-OH is 1. The number of carbonyl (C=O) groups is 2. The maximum absolute atomic E-state index is 13.2. The van der Waals surface area contributed by atoms with E-state index in [2.05, 4.69) is 22.8 Å². The molecule has 0 saturated carbocycles. The van der Waals surface area contributed by atoms with Gasteiger partial charge in [0.15, 0.2) is 0 Å². The minimum atomic E-state index is -0.741. The standard InChI is InChI=1S/C29H31N3O4/c1-2-36-27-14-23-22(18-32(29(23)35)17-19-8-4-3-5-9-19)12-24(27)28(34)31-16-26(33)25-13-20-10-6-7-11-21(20)15-30-25/h3-12,14,25-26,30,33H,2,13,15-18H2,1H3,(H,31,34). The maximum atomic E-state index is 13.2. The van der Waals surface area contributed by atoms with Crippen LogP contribution in [0, 0.1) is 0 Å². The first-order valence-electron chi connectivity index (χ1n) is 12.4. The van der Waals surface area contributed by atoms with Gasteiger partial charge in [-0.25, -0.2) is 0 Å². The molecule has 5 rings (SSSR count). The molecular weight excluding hydrogens is 454 g/mol. The van der Waals surface area contributed by atoms with Gasteiger partial charge in [0.25, 0.3) is 11.8 Å². The molecule has 36 heavy (non-hydrogen) atoms. The van der Waals surface area contributed by atoms with Crippen molar-refractivity contribution in [1.29, 1.82) is 0 Å². The molecule has 3 N–H and O–H groups in total. The largest absolute Gasteiger partial charge is 0.493 e. The zero-order chi connectivity index (χ0) is 25.1. The Morgan fingerprint density at radius 3 is 2.64 bits per heavy atom. The van der Waals surface area contributed by atoms with E-state index in [4.69, 9.17) is 4.74 Å². The highest BCUT2D eigenvalue weighted by Crippen LogP contribution is 2.31. The molecule has 0 bridgehead atoms. The molecule has 0 spiro atoms. The molecule has 0 fully saturated rings. The molecule has 2 amide bonds. The molecule has 0 saturated heterocycles. The van der Waals surface area contributed by atoms with Gasteiger partial charge in [0.05, 0.1) is 18.3 Å². The van der Waals surface area contributed by atoms with E-state index >= 15 is 0 Å². The number of hydrogen-bond donors (Lipinski definition) is 3. The van der Waals surface area contributed by atoms with E-state index in [0.717, 1.165) is 11.1 Å². The average molecular weight is 486 g/mol. The van der Waals surface area contributed by atoms with Crippen molar-refractivity contribution in [2.24, 2.45) is 0 Å². The van der Waals surface area contributed by atoms with Crippen LogP contribution in [0.1, 0.15) is 49.9 Å². The van der Waals surface area contributed by atoms with Crippen molar-refractivity contribution in [3.63, 3.8) is 0 Å². The molecule has 0 radical (unpaired) electrons. The number of fused-ring (bicyclic) bond motifs is 2. The van der Waals surface area contributed by atoms with E-state index in [9.17, 15) is 14.7 Å². The smallest absolute Gasteiger partial charge is 0.255 e. The second-order valence-corrected chi connectivity index (χ2v) is 9.32. The monoisotopic (exact) mass is 485 g/mol. The summed E-state index contributed by atoms with van der Waals surface area (Å²) in [6, 6.07) is 21.3. The Balaban J connectivity index is 1.27. The van der Waals surface area contributed by atoms with Gasteiger partial charge >= 0.3 is 0 Å². The van der Waals surface area contributed by atoms with Gasteiger partial charge in [0.2, 0.25) is 0 Å². The Labute approximate surface area is 211 Å². The fraction of sp³-hybridized carbons (Fsp3) is 0.310. The molecule has 3 aromatic carbocycles. The Morgan fingerprint density at radius 2 is 1.86 bits per heavy atom. The molecule has 2 atom stereocenters. The molecular formula is C29H31N3O4. The molecule has 2 unspecified atom stereocenters. The molecule has 2 heterocycles. The number of nitrogens with zero attached hydrogens (tertiary/aromatic N) is 1. The molecule has 186 valence electrons. The SMILES string of the molecule is CCOc1cc2c(cc1C(=O)NCC(O)C1Cc3ccccc3CN1)CN(Cc1ccccc1)C2=O. The van der Waals surface area contributed by atoms with Crippen LogP contribution < -0.4 is 15.4 Å². The molecule has 2 aliphatic rings. The highest BCUT2D eigenvalue weighted by atomic mass is 16.5. The minimum Gasteiger partial charge on any atom is -0.493 e. The lowest BCUT2D eigenvalue weighted by Crippen LogP contribution is -2.49. The van der Waals surface area contributed by atoms with Crippen LogP contribution in [0.4, 0.5) is 0 Å². The van der Waals surface area contributed by atoms with Gasteiger partial charge in [0.1, 0.15) is 5.75 Å². The van der Waals surface area contributed by atoms with Crippen LogP contribution in [0.15, 0.2) is 66.7 Å². The van der Waals surface area contributed by atoms with Crippen LogP contribution in [-0.4, -0.2) is 47.1 Å². The van der Waals surface area contributed by atoms with Gasteiger partial charge in [-0.2, -0.15) is 0 Å². The van der Waals surface area contributed by atoms with Crippen LogP contribution >= 0.6 is 0 Å². The number of benzene rings is 3.